The van der Waals surface area contributed by atoms with Crippen LogP contribution in [0.2, 0.25) is 0 Å². The van der Waals surface area contributed by atoms with Crippen molar-refractivity contribution in [1.29, 1.82) is 0 Å². The SMILES string of the molecule is CCOC(=O)Cn1nc(-c2ccc(S(C)(=O)=O)cc2)c(-c2ccccc2)c1C(F)(F)F. The van der Waals surface area contributed by atoms with Crippen molar-refractivity contribution in [2.45, 2.75) is 24.5 Å². The van der Waals surface area contributed by atoms with E-state index < -0.39 is 34.2 Å². The van der Waals surface area contributed by atoms with E-state index in [9.17, 15) is 26.4 Å². The summed E-state index contributed by atoms with van der Waals surface area (Å²) in [6.07, 6.45) is -3.77. The summed E-state index contributed by atoms with van der Waals surface area (Å²) >= 11 is 0. The van der Waals surface area contributed by atoms with Gasteiger partial charge < -0.3 is 4.74 Å². The van der Waals surface area contributed by atoms with Gasteiger partial charge in [-0.1, -0.05) is 42.5 Å². The predicted octanol–water partition coefficient (Wildman–Crippen LogP) is 4.20. The molecule has 6 nitrogen and oxygen atoms in total. The van der Waals surface area contributed by atoms with Gasteiger partial charge in [0, 0.05) is 17.4 Å². The van der Waals surface area contributed by atoms with E-state index in [2.05, 4.69) is 5.10 Å². The van der Waals surface area contributed by atoms with Gasteiger partial charge in [0.2, 0.25) is 0 Å². The first kappa shape index (κ1) is 22.5. The van der Waals surface area contributed by atoms with E-state index in [1.54, 1.807) is 25.1 Å². The number of aromatic nitrogens is 2. The summed E-state index contributed by atoms with van der Waals surface area (Å²) in [6, 6.07) is 13.3. The first-order chi connectivity index (χ1) is 14.5. The van der Waals surface area contributed by atoms with Gasteiger partial charge in [0.05, 0.1) is 11.5 Å². The lowest BCUT2D eigenvalue weighted by Crippen LogP contribution is -2.21. The highest BCUT2D eigenvalue weighted by Gasteiger charge is 2.41. The summed E-state index contributed by atoms with van der Waals surface area (Å²) in [4.78, 5) is 12.0. The molecule has 31 heavy (non-hydrogen) atoms. The first-order valence-electron chi connectivity index (χ1n) is 9.22. The second-order valence-corrected chi connectivity index (χ2v) is 8.71. The summed E-state index contributed by atoms with van der Waals surface area (Å²) in [5.41, 5.74) is -0.784. The van der Waals surface area contributed by atoms with Crippen LogP contribution in [-0.2, 0) is 32.1 Å². The summed E-state index contributed by atoms with van der Waals surface area (Å²) in [7, 11) is -3.48. The molecule has 1 aromatic heterocycles. The number of benzene rings is 2. The predicted molar refractivity (Wildman–Crippen MR) is 108 cm³/mol. The molecule has 0 amide bonds. The number of esters is 1. The Hall–Kier alpha value is -3.14. The van der Waals surface area contributed by atoms with Crippen molar-refractivity contribution >= 4 is 15.8 Å². The molecule has 0 aliphatic carbocycles. The standard InChI is InChI=1S/C21H19F3N2O4S/c1-3-30-17(27)13-26-20(21(22,23)24)18(14-7-5-4-6-8-14)19(25-26)15-9-11-16(12-10-15)31(2,28)29/h4-12H,3,13H2,1-2H3. The molecule has 0 aliphatic rings. The molecular formula is C21H19F3N2O4S. The second kappa shape index (κ2) is 8.54. The van der Waals surface area contributed by atoms with E-state index in [1.165, 1.54) is 36.4 Å². The Balaban J connectivity index is 2.27. The van der Waals surface area contributed by atoms with E-state index in [-0.39, 0.29) is 33.9 Å². The topological polar surface area (TPSA) is 78.3 Å². The number of carbonyl (C=O) groups excluding carboxylic acids is 1. The van der Waals surface area contributed by atoms with Gasteiger partial charge in [0.15, 0.2) is 15.5 Å². The van der Waals surface area contributed by atoms with Gasteiger partial charge in [-0.3, -0.25) is 4.79 Å². The maximum absolute atomic E-state index is 14.1. The lowest BCUT2D eigenvalue weighted by atomic mass is 9.98. The van der Waals surface area contributed by atoms with Gasteiger partial charge in [0.1, 0.15) is 12.2 Å². The van der Waals surface area contributed by atoms with Crippen molar-refractivity contribution in [1.82, 2.24) is 9.78 Å². The molecule has 1 heterocycles. The molecule has 0 saturated heterocycles. The van der Waals surface area contributed by atoms with Gasteiger partial charge in [-0.05, 0) is 24.6 Å². The summed E-state index contributed by atoms with van der Waals surface area (Å²) in [5.74, 6) is -0.853. The Morgan fingerprint density at radius 2 is 1.65 bits per heavy atom. The maximum atomic E-state index is 14.1. The van der Waals surface area contributed by atoms with Crippen molar-refractivity contribution in [2.24, 2.45) is 0 Å². The molecule has 10 heteroatoms. The molecule has 0 N–H and O–H groups in total. The maximum Gasteiger partial charge on any atom is 0.433 e. The van der Waals surface area contributed by atoms with Crippen LogP contribution in [0.1, 0.15) is 12.6 Å². The number of hydrogen-bond acceptors (Lipinski definition) is 5. The third kappa shape index (κ3) is 4.96. The van der Waals surface area contributed by atoms with Crippen molar-refractivity contribution in [3.8, 4) is 22.4 Å². The van der Waals surface area contributed by atoms with Crippen LogP contribution in [0.5, 0.6) is 0 Å². The quantitative estimate of drug-likeness (QED) is 0.524. The molecule has 0 atom stereocenters. The second-order valence-electron chi connectivity index (χ2n) is 6.70. The highest BCUT2D eigenvalue weighted by Crippen LogP contribution is 2.42. The van der Waals surface area contributed by atoms with E-state index >= 15 is 0 Å². The lowest BCUT2D eigenvalue weighted by molar-refractivity contribution is -0.149. The Kier molecular flexibility index (Phi) is 6.21. The van der Waals surface area contributed by atoms with Crippen LogP contribution in [0, 0.1) is 0 Å². The van der Waals surface area contributed by atoms with Crippen molar-refractivity contribution in [3.63, 3.8) is 0 Å². The minimum absolute atomic E-state index is 0.0206. The zero-order valence-electron chi connectivity index (χ0n) is 16.7. The highest BCUT2D eigenvalue weighted by atomic mass is 32.2. The highest BCUT2D eigenvalue weighted by molar-refractivity contribution is 7.90. The molecule has 2 aromatic carbocycles. The average molecular weight is 452 g/mol. The Bertz CT molecular complexity index is 1190. The van der Waals surface area contributed by atoms with E-state index in [0.717, 1.165) is 6.26 Å². The molecule has 0 spiro atoms. The third-order valence-corrected chi connectivity index (χ3v) is 5.55. The summed E-state index contributed by atoms with van der Waals surface area (Å²) < 4.78 is 71.1. The van der Waals surface area contributed by atoms with Crippen LogP contribution in [0.3, 0.4) is 0 Å². The van der Waals surface area contributed by atoms with Gasteiger partial charge in [-0.25, -0.2) is 13.1 Å². The number of halogens is 3. The van der Waals surface area contributed by atoms with Crippen molar-refractivity contribution < 1.29 is 31.1 Å². The summed E-state index contributed by atoms with van der Waals surface area (Å²) in [5, 5.41) is 4.08. The van der Waals surface area contributed by atoms with Crippen LogP contribution in [0.4, 0.5) is 13.2 Å². The fourth-order valence-electron chi connectivity index (χ4n) is 3.13. The fourth-order valence-corrected chi connectivity index (χ4v) is 3.76. The molecule has 0 bridgehead atoms. The Morgan fingerprint density at radius 1 is 1.03 bits per heavy atom. The molecule has 0 saturated carbocycles. The number of ether oxygens (including phenoxy) is 1. The van der Waals surface area contributed by atoms with Gasteiger partial charge in [-0.15, -0.1) is 0 Å². The number of sulfone groups is 1. The summed E-state index contributed by atoms with van der Waals surface area (Å²) in [6.45, 7) is 0.854. The van der Waals surface area contributed by atoms with E-state index in [4.69, 9.17) is 4.74 Å². The van der Waals surface area contributed by atoms with E-state index in [0.29, 0.717) is 4.68 Å². The monoisotopic (exact) mass is 452 g/mol. The fraction of sp³-hybridized carbons (Fsp3) is 0.238. The Labute approximate surface area is 177 Å². The molecule has 164 valence electrons. The largest absolute Gasteiger partial charge is 0.465 e. The van der Waals surface area contributed by atoms with Gasteiger partial charge in [-0.2, -0.15) is 18.3 Å². The van der Waals surface area contributed by atoms with Gasteiger partial charge in [0.25, 0.3) is 0 Å². The molecule has 3 aromatic rings. The number of nitrogens with zero attached hydrogens (tertiary/aromatic N) is 2. The minimum atomic E-state index is -4.81. The zero-order chi connectivity index (χ0) is 22.8. The number of alkyl halides is 3. The van der Waals surface area contributed by atoms with Crippen LogP contribution in [-0.4, -0.2) is 37.0 Å². The smallest absolute Gasteiger partial charge is 0.433 e. The molecule has 3 rings (SSSR count). The normalized spacial score (nSPS) is 12.0. The van der Waals surface area contributed by atoms with Crippen LogP contribution in [0.15, 0.2) is 59.5 Å². The molecule has 0 fully saturated rings. The number of rotatable bonds is 6. The Morgan fingerprint density at radius 3 is 2.16 bits per heavy atom. The average Bonchev–Trinajstić information content (AvgIpc) is 3.07. The van der Waals surface area contributed by atoms with E-state index in [1.807, 2.05) is 0 Å². The molecule has 0 radical (unpaired) electrons. The first-order valence-corrected chi connectivity index (χ1v) is 11.1. The third-order valence-electron chi connectivity index (χ3n) is 4.42. The van der Waals surface area contributed by atoms with Crippen molar-refractivity contribution in [3.05, 3.63) is 60.3 Å². The molecular weight excluding hydrogens is 433 g/mol. The van der Waals surface area contributed by atoms with Gasteiger partial charge >= 0.3 is 12.1 Å². The lowest BCUT2D eigenvalue weighted by Gasteiger charge is -2.13. The van der Waals surface area contributed by atoms with Crippen molar-refractivity contribution in [2.75, 3.05) is 12.9 Å². The molecule has 0 unspecified atom stereocenters. The number of hydrogen-bond donors (Lipinski definition) is 0. The minimum Gasteiger partial charge on any atom is -0.465 e. The van der Waals surface area contributed by atoms with Crippen LogP contribution >= 0.6 is 0 Å². The van der Waals surface area contributed by atoms with Crippen LogP contribution < -0.4 is 0 Å². The zero-order valence-corrected chi connectivity index (χ0v) is 17.5. The number of carbonyl (C=O) groups is 1. The molecule has 0 aliphatic heterocycles. The van der Waals surface area contributed by atoms with Crippen LogP contribution in [0.25, 0.3) is 22.4 Å².